The third-order valence-corrected chi connectivity index (χ3v) is 2.71. The maximum absolute atomic E-state index is 13.5. The Balaban J connectivity index is 2.68. The predicted octanol–water partition coefficient (Wildman–Crippen LogP) is 1.80. The standard InChI is InChI=1S/C13H19FN2O2/c1-15-8-4-5-13(17)16(2)10-6-7-12(18-3)11(14)9-10/h6-7,9,15H,4-5,8H2,1-3H3. The average molecular weight is 254 g/mol. The van der Waals surface area contributed by atoms with Gasteiger partial charge in [0.2, 0.25) is 5.91 Å². The Bertz CT molecular complexity index is 410. The van der Waals surface area contributed by atoms with Gasteiger partial charge >= 0.3 is 0 Å². The van der Waals surface area contributed by atoms with Crippen LogP contribution >= 0.6 is 0 Å². The number of anilines is 1. The molecule has 1 amide bonds. The molecule has 18 heavy (non-hydrogen) atoms. The van der Waals surface area contributed by atoms with Crippen molar-refractivity contribution in [3.8, 4) is 5.75 Å². The number of halogens is 1. The first-order valence-corrected chi connectivity index (χ1v) is 5.85. The zero-order valence-electron chi connectivity index (χ0n) is 11.0. The van der Waals surface area contributed by atoms with Gasteiger partial charge in [-0.15, -0.1) is 0 Å². The normalized spacial score (nSPS) is 10.2. The number of carbonyl (C=O) groups is 1. The highest BCUT2D eigenvalue weighted by molar-refractivity contribution is 5.92. The highest BCUT2D eigenvalue weighted by atomic mass is 19.1. The summed E-state index contributed by atoms with van der Waals surface area (Å²) in [6.07, 6.45) is 1.20. The number of hydrogen-bond acceptors (Lipinski definition) is 3. The van der Waals surface area contributed by atoms with Crippen molar-refractivity contribution in [3.63, 3.8) is 0 Å². The van der Waals surface area contributed by atoms with Crippen LogP contribution in [0.25, 0.3) is 0 Å². The molecular weight excluding hydrogens is 235 g/mol. The first-order chi connectivity index (χ1) is 8.60. The van der Waals surface area contributed by atoms with Crippen LogP contribution in [0.4, 0.5) is 10.1 Å². The van der Waals surface area contributed by atoms with Crippen LogP contribution in [0.2, 0.25) is 0 Å². The molecule has 0 spiro atoms. The highest BCUT2D eigenvalue weighted by Gasteiger charge is 2.12. The van der Waals surface area contributed by atoms with Gasteiger partial charge in [-0.25, -0.2) is 4.39 Å². The topological polar surface area (TPSA) is 41.6 Å². The molecule has 1 aromatic rings. The number of benzene rings is 1. The summed E-state index contributed by atoms with van der Waals surface area (Å²) in [4.78, 5) is 13.3. The minimum Gasteiger partial charge on any atom is -0.494 e. The second-order valence-corrected chi connectivity index (χ2v) is 3.98. The first-order valence-electron chi connectivity index (χ1n) is 5.85. The molecule has 0 fully saturated rings. The van der Waals surface area contributed by atoms with Gasteiger partial charge in [0, 0.05) is 25.2 Å². The number of carbonyl (C=O) groups excluding carboxylic acids is 1. The van der Waals surface area contributed by atoms with Gasteiger partial charge in [-0.1, -0.05) is 0 Å². The molecule has 0 aromatic heterocycles. The molecule has 5 heteroatoms. The lowest BCUT2D eigenvalue weighted by atomic mass is 10.2. The molecule has 1 N–H and O–H groups in total. The minimum absolute atomic E-state index is 0.0326. The SMILES string of the molecule is CNCCCC(=O)N(C)c1ccc(OC)c(F)c1. The number of hydrogen-bond donors (Lipinski definition) is 1. The van der Waals surface area contributed by atoms with E-state index < -0.39 is 5.82 Å². The van der Waals surface area contributed by atoms with Gasteiger partial charge in [-0.3, -0.25) is 4.79 Å². The molecule has 0 saturated carbocycles. The molecule has 0 atom stereocenters. The highest BCUT2D eigenvalue weighted by Crippen LogP contribution is 2.23. The van der Waals surface area contributed by atoms with E-state index in [1.165, 1.54) is 24.1 Å². The molecule has 0 radical (unpaired) electrons. The van der Waals surface area contributed by atoms with Crippen molar-refractivity contribution < 1.29 is 13.9 Å². The van der Waals surface area contributed by atoms with Crippen molar-refractivity contribution >= 4 is 11.6 Å². The summed E-state index contributed by atoms with van der Waals surface area (Å²) in [6.45, 7) is 0.788. The van der Waals surface area contributed by atoms with E-state index in [0.717, 1.165) is 13.0 Å². The van der Waals surface area contributed by atoms with E-state index in [0.29, 0.717) is 12.1 Å². The van der Waals surface area contributed by atoms with Crippen LogP contribution in [0, 0.1) is 5.82 Å². The summed E-state index contributed by atoms with van der Waals surface area (Å²) >= 11 is 0. The second kappa shape index (κ2) is 6.96. The van der Waals surface area contributed by atoms with Gasteiger partial charge in [-0.05, 0) is 32.1 Å². The van der Waals surface area contributed by atoms with Crippen LogP contribution in [0.1, 0.15) is 12.8 Å². The third-order valence-electron chi connectivity index (χ3n) is 2.71. The maximum atomic E-state index is 13.5. The molecular formula is C13H19FN2O2. The number of nitrogens with one attached hydrogen (secondary N) is 1. The van der Waals surface area contributed by atoms with E-state index in [9.17, 15) is 9.18 Å². The van der Waals surface area contributed by atoms with Crippen LogP contribution in [0.15, 0.2) is 18.2 Å². The quantitative estimate of drug-likeness (QED) is 0.787. The largest absolute Gasteiger partial charge is 0.494 e. The Kier molecular flexibility index (Phi) is 5.58. The first kappa shape index (κ1) is 14.4. The van der Waals surface area contributed by atoms with Crippen LogP contribution in [-0.4, -0.2) is 33.7 Å². The van der Waals surface area contributed by atoms with Crippen LogP contribution < -0.4 is 15.0 Å². The van der Waals surface area contributed by atoms with Crippen molar-refractivity contribution in [2.24, 2.45) is 0 Å². The number of amides is 1. The summed E-state index contributed by atoms with van der Waals surface area (Å²) in [6, 6.07) is 4.48. The molecule has 1 aromatic carbocycles. The number of nitrogens with zero attached hydrogens (tertiary/aromatic N) is 1. The van der Waals surface area contributed by atoms with Gasteiger partial charge in [0.1, 0.15) is 0 Å². The summed E-state index contributed by atoms with van der Waals surface area (Å²) in [5.74, 6) is -0.325. The maximum Gasteiger partial charge on any atom is 0.226 e. The van der Waals surface area contributed by atoms with Crippen molar-refractivity contribution in [1.82, 2.24) is 5.32 Å². The van der Waals surface area contributed by atoms with Crippen molar-refractivity contribution in [1.29, 1.82) is 0 Å². The van der Waals surface area contributed by atoms with E-state index in [2.05, 4.69) is 5.32 Å². The van der Waals surface area contributed by atoms with Gasteiger partial charge in [0.05, 0.1) is 7.11 Å². The minimum atomic E-state index is -0.468. The van der Waals surface area contributed by atoms with Gasteiger partial charge in [-0.2, -0.15) is 0 Å². The third kappa shape index (κ3) is 3.70. The number of ether oxygens (including phenoxy) is 1. The molecule has 0 aliphatic rings. The smallest absolute Gasteiger partial charge is 0.226 e. The van der Waals surface area contributed by atoms with Crippen molar-refractivity contribution in [2.75, 3.05) is 32.6 Å². The number of rotatable bonds is 6. The molecule has 0 unspecified atom stereocenters. The summed E-state index contributed by atoms with van der Waals surface area (Å²) < 4.78 is 18.3. The van der Waals surface area contributed by atoms with E-state index >= 15 is 0 Å². The molecule has 0 aliphatic heterocycles. The molecule has 0 saturated heterocycles. The fourth-order valence-electron chi connectivity index (χ4n) is 1.59. The summed E-state index contributed by atoms with van der Waals surface area (Å²) in [5.41, 5.74) is 0.530. The Hall–Kier alpha value is -1.62. The lowest BCUT2D eigenvalue weighted by Crippen LogP contribution is -2.26. The zero-order chi connectivity index (χ0) is 13.5. The average Bonchev–Trinajstić information content (AvgIpc) is 2.38. The number of methoxy groups -OCH3 is 1. The summed E-state index contributed by atoms with van der Waals surface area (Å²) in [7, 11) is 4.89. The lowest BCUT2D eigenvalue weighted by molar-refractivity contribution is -0.118. The second-order valence-electron chi connectivity index (χ2n) is 3.98. The van der Waals surface area contributed by atoms with E-state index in [1.54, 1.807) is 13.1 Å². The zero-order valence-corrected chi connectivity index (χ0v) is 11.0. The Labute approximate surface area is 107 Å². The molecule has 4 nitrogen and oxygen atoms in total. The Morgan fingerprint density at radius 1 is 1.50 bits per heavy atom. The van der Waals surface area contributed by atoms with Gasteiger partial charge in [0.15, 0.2) is 11.6 Å². The molecule has 1 rings (SSSR count). The predicted molar refractivity (Wildman–Crippen MR) is 69.5 cm³/mol. The van der Waals surface area contributed by atoms with E-state index in [4.69, 9.17) is 4.74 Å². The van der Waals surface area contributed by atoms with E-state index in [1.807, 2.05) is 7.05 Å². The van der Waals surface area contributed by atoms with Crippen LogP contribution in [0.3, 0.4) is 0 Å². The van der Waals surface area contributed by atoms with Crippen LogP contribution in [-0.2, 0) is 4.79 Å². The monoisotopic (exact) mass is 254 g/mol. The van der Waals surface area contributed by atoms with Gasteiger partial charge in [0.25, 0.3) is 0 Å². The fourth-order valence-corrected chi connectivity index (χ4v) is 1.59. The van der Waals surface area contributed by atoms with Crippen LogP contribution in [0.5, 0.6) is 5.75 Å². The van der Waals surface area contributed by atoms with E-state index in [-0.39, 0.29) is 11.7 Å². The van der Waals surface area contributed by atoms with Crippen molar-refractivity contribution in [3.05, 3.63) is 24.0 Å². The molecule has 0 heterocycles. The molecule has 0 bridgehead atoms. The Morgan fingerprint density at radius 3 is 2.78 bits per heavy atom. The molecule has 100 valence electrons. The lowest BCUT2D eigenvalue weighted by Gasteiger charge is -2.18. The fraction of sp³-hybridized carbons (Fsp3) is 0.462. The Morgan fingerprint density at radius 2 is 2.22 bits per heavy atom. The van der Waals surface area contributed by atoms with Gasteiger partial charge < -0.3 is 15.0 Å². The molecule has 0 aliphatic carbocycles. The van der Waals surface area contributed by atoms with Crippen molar-refractivity contribution in [2.45, 2.75) is 12.8 Å². The summed E-state index contributed by atoms with van der Waals surface area (Å²) in [5, 5.41) is 2.98.